The van der Waals surface area contributed by atoms with E-state index in [2.05, 4.69) is 16.3 Å². The highest BCUT2D eigenvalue weighted by molar-refractivity contribution is 5.81. The number of carbonyl (C=O) groups excluding carboxylic acids is 1. The number of carbonyl (C=O) groups is 1. The predicted octanol–water partition coefficient (Wildman–Crippen LogP) is 0.996. The molecule has 1 aliphatic heterocycles. The van der Waals surface area contributed by atoms with Gasteiger partial charge in [-0.25, -0.2) is 0 Å². The molecule has 3 atom stereocenters. The van der Waals surface area contributed by atoms with E-state index in [1.54, 1.807) is 0 Å². The molecular formula is C19H26N2O3. The smallest absolute Gasteiger partial charge is 0.249 e. The summed E-state index contributed by atoms with van der Waals surface area (Å²) in [5.41, 5.74) is 2.29. The third kappa shape index (κ3) is 3.08. The number of rotatable bonds is 4. The van der Waals surface area contributed by atoms with Crippen LogP contribution in [0.3, 0.4) is 0 Å². The minimum atomic E-state index is -0.890. The van der Waals surface area contributed by atoms with E-state index in [4.69, 9.17) is 0 Å². The zero-order valence-corrected chi connectivity index (χ0v) is 13.9. The van der Waals surface area contributed by atoms with Crippen molar-refractivity contribution in [1.29, 1.82) is 0 Å². The second-order valence-electron chi connectivity index (χ2n) is 7.52. The summed E-state index contributed by atoms with van der Waals surface area (Å²) < 4.78 is 0. The lowest BCUT2D eigenvalue weighted by atomic mass is 9.89. The van der Waals surface area contributed by atoms with E-state index in [0.29, 0.717) is 6.04 Å². The maximum Gasteiger partial charge on any atom is 0.249 e. The molecule has 0 unspecified atom stereocenters. The highest BCUT2D eigenvalue weighted by Crippen LogP contribution is 2.36. The van der Waals surface area contributed by atoms with E-state index in [9.17, 15) is 15.0 Å². The van der Waals surface area contributed by atoms with Crippen molar-refractivity contribution >= 4 is 5.91 Å². The molecule has 1 saturated carbocycles. The second kappa shape index (κ2) is 6.47. The van der Waals surface area contributed by atoms with Gasteiger partial charge in [0.25, 0.3) is 0 Å². The minimum absolute atomic E-state index is 0.0286. The molecular weight excluding hydrogens is 304 g/mol. The van der Waals surface area contributed by atoms with Crippen LogP contribution in [0.1, 0.15) is 42.9 Å². The Morgan fingerprint density at radius 2 is 1.88 bits per heavy atom. The van der Waals surface area contributed by atoms with Crippen LogP contribution in [-0.2, 0) is 11.2 Å². The van der Waals surface area contributed by atoms with E-state index in [1.807, 2.05) is 18.2 Å². The quantitative estimate of drug-likeness (QED) is 0.770. The zero-order chi connectivity index (χ0) is 16.7. The fourth-order valence-corrected chi connectivity index (χ4v) is 4.18. The van der Waals surface area contributed by atoms with Gasteiger partial charge in [-0.3, -0.25) is 9.69 Å². The summed E-state index contributed by atoms with van der Waals surface area (Å²) in [5.74, 6) is -0.176. The Hall–Kier alpha value is -1.43. The molecule has 3 aliphatic rings. The first-order valence-electron chi connectivity index (χ1n) is 9.12. The van der Waals surface area contributed by atoms with Gasteiger partial charge in [-0.1, -0.05) is 24.3 Å². The molecule has 2 aliphatic carbocycles. The Kier molecular flexibility index (Phi) is 4.33. The number of hydrogen-bond donors (Lipinski definition) is 3. The summed E-state index contributed by atoms with van der Waals surface area (Å²) in [6.45, 7) is 1.66. The van der Waals surface area contributed by atoms with Gasteiger partial charge in [0.1, 0.15) is 6.10 Å². The maximum absolute atomic E-state index is 12.0. The highest BCUT2D eigenvalue weighted by Gasteiger charge is 2.38. The summed E-state index contributed by atoms with van der Waals surface area (Å²) in [6, 6.07) is 8.52. The molecule has 0 spiro atoms. The summed E-state index contributed by atoms with van der Waals surface area (Å²) >= 11 is 0. The van der Waals surface area contributed by atoms with Crippen LogP contribution in [0, 0.1) is 5.92 Å². The average Bonchev–Trinajstić information content (AvgIpc) is 3.36. The molecule has 1 aromatic carbocycles. The monoisotopic (exact) mass is 330 g/mol. The zero-order valence-electron chi connectivity index (χ0n) is 13.9. The van der Waals surface area contributed by atoms with Crippen LogP contribution >= 0.6 is 0 Å². The lowest BCUT2D eigenvalue weighted by Crippen LogP contribution is -2.48. The van der Waals surface area contributed by atoms with Crippen molar-refractivity contribution in [2.24, 2.45) is 5.92 Å². The number of piperidine rings is 1. The third-order valence-corrected chi connectivity index (χ3v) is 5.85. The summed E-state index contributed by atoms with van der Waals surface area (Å²) in [4.78, 5) is 14.3. The van der Waals surface area contributed by atoms with Gasteiger partial charge in [0.2, 0.25) is 5.91 Å². The third-order valence-electron chi connectivity index (χ3n) is 5.85. The van der Waals surface area contributed by atoms with Gasteiger partial charge in [-0.2, -0.15) is 0 Å². The summed E-state index contributed by atoms with van der Waals surface area (Å²) in [6.07, 6.45) is 3.25. The Balaban J connectivity index is 1.32. The second-order valence-corrected chi connectivity index (χ2v) is 7.52. The molecule has 1 saturated heterocycles. The molecule has 5 nitrogen and oxygen atoms in total. The number of nitrogens with zero attached hydrogens (tertiary/aromatic N) is 1. The first-order chi connectivity index (χ1) is 11.6. The standard InChI is InChI=1S/C19H26N2O3/c22-17(19(24)20-14-5-6-14)12-7-9-21(10-8-12)16-11-13-3-1-2-4-15(13)18(16)23/h1-4,12,14,16-18,22-23H,5-11H2,(H,20,24)/t16-,17+,18-/m0/s1. The van der Waals surface area contributed by atoms with Gasteiger partial charge in [0, 0.05) is 12.1 Å². The van der Waals surface area contributed by atoms with Crippen LogP contribution in [0.4, 0.5) is 0 Å². The Labute approximate surface area is 142 Å². The van der Waals surface area contributed by atoms with Gasteiger partial charge in [0.05, 0.1) is 6.10 Å². The lowest BCUT2D eigenvalue weighted by Gasteiger charge is -2.38. The molecule has 5 heteroatoms. The van der Waals surface area contributed by atoms with E-state index in [1.165, 1.54) is 5.56 Å². The van der Waals surface area contributed by atoms with Crippen molar-refractivity contribution in [1.82, 2.24) is 10.2 Å². The molecule has 1 aromatic rings. The van der Waals surface area contributed by atoms with Crippen molar-refractivity contribution < 1.29 is 15.0 Å². The number of benzene rings is 1. The Morgan fingerprint density at radius 1 is 1.17 bits per heavy atom. The Morgan fingerprint density at radius 3 is 2.54 bits per heavy atom. The number of aliphatic hydroxyl groups is 2. The van der Waals surface area contributed by atoms with Gasteiger partial charge in [-0.15, -0.1) is 0 Å². The summed E-state index contributed by atoms with van der Waals surface area (Å²) in [7, 11) is 0. The molecule has 24 heavy (non-hydrogen) atoms. The molecule has 3 N–H and O–H groups in total. The molecule has 4 rings (SSSR count). The van der Waals surface area contributed by atoms with E-state index in [0.717, 1.165) is 50.8 Å². The van der Waals surface area contributed by atoms with Crippen LogP contribution < -0.4 is 5.32 Å². The molecule has 130 valence electrons. The van der Waals surface area contributed by atoms with Crippen LogP contribution in [0.15, 0.2) is 24.3 Å². The van der Waals surface area contributed by atoms with Crippen LogP contribution in [0.5, 0.6) is 0 Å². The van der Waals surface area contributed by atoms with E-state index < -0.39 is 12.2 Å². The Bertz CT molecular complexity index is 608. The number of likely N-dealkylation sites (tertiary alicyclic amines) is 1. The van der Waals surface area contributed by atoms with E-state index in [-0.39, 0.29) is 17.9 Å². The number of fused-ring (bicyclic) bond motifs is 1. The SMILES string of the molecule is O=C(NC1CC1)[C@H](O)C1CCN([C@H]2Cc3ccccc3[C@@H]2O)CC1. The van der Waals surface area contributed by atoms with Crippen molar-refractivity contribution in [3.8, 4) is 0 Å². The lowest BCUT2D eigenvalue weighted by molar-refractivity contribution is -0.133. The van der Waals surface area contributed by atoms with Gasteiger partial charge >= 0.3 is 0 Å². The van der Waals surface area contributed by atoms with Crippen LogP contribution in [-0.4, -0.2) is 52.3 Å². The fourth-order valence-electron chi connectivity index (χ4n) is 4.18. The van der Waals surface area contributed by atoms with Gasteiger partial charge in [-0.05, 0) is 62.2 Å². The molecule has 1 amide bonds. The number of hydrogen-bond acceptors (Lipinski definition) is 4. The summed E-state index contributed by atoms with van der Waals surface area (Å²) in [5, 5.41) is 23.8. The molecule has 0 radical (unpaired) electrons. The normalized spacial score (nSPS) is 29.2. The molecule has 2 fully saturated rings. The first-order valence-corrected chi connectivity index (χ1v) is 9.12. The maximum atomic E-state index is 12.0. The molecule has 0 aromatic heterocycles. The topological polar surface area (TPSA) is 72.8 Å². The highest BCUT2D eigenvalue weighted by atomic mass is 16.3. The van der Waals surface area contributed by atoms with Crippen molar-refractivity contribution in [3.05, 3.63) is 35.4 Å². The number of nitrogens with one attached hydrogen (secondary N) is 1. The van der Waals surface area contributed by atoms with Crippen molar-refractivity contribution in [3.63, 3.8) is 0 Å². The van der Waals surface area contributed by atoms with Crippen molar-refractivity contribution in [2.75, 3.05) is 13.1 Å². The van der Waals surface area contributed by atoms with Crippen LogP contribution in [0.25, 0.3) is 0 Å². The minimum Gasteiger partial charge on any atom is -0.387 e. The van der Waals surface area contributed by atoms with Crippen LogP contribution in [0.2, 0.25) is 0 Å². The number of amides is 1. The van der Waals surface area contributed by atoms with E-state index >= 15 is 0 Å². The molecule has 0 bridgehead atoms. The fraction of sp³-hybridized carbons (Fsp3) is 0.632. The molecule has 1 heterocycles. The van der Waals surface area contributed by atoms with Gasteiger partial charge < -0.3 is 15.5 Å². The van der Waals surface area contributed by atoms with Crippen molar-refractivity contribution in [2.45, 2.75) is 56.4 Å². The first kappa shape index (κ1) is 16.1. The average molecular weight is 330 g/mol. The predicted molar refractivity (Wildman–Crippen MR) is 90.4 cm³/mol. The largest absolute Gasteiger partial charge is 0.387 e. The number of aliphatic hydroxyl groups excluding tert-OH is 2. The van der Waals surface area contributed by atoms with Gasteiger partial charge in [0.15, 0.2) is 0 Å².